The molecule has 0 unspecified atom stereocenters. The predicted octanol–water partition coefficient (Wildman–Crippen LogP) is 3.97. The Kier molecular flexibility index (Phi) is 8.00. The molecule has 1 saturated heterocycles. The first-order valence-electron chi connectivity index (χ1n) is 13.1. The van der Waals surface area contributed by atoms with Crippen LogP contribution in [0.15, 0.2) is 85.9 Å². The molecule has 6 rings (SSSR count). The Bertz CT molecular complexity index is 1970. The largest absolute Gasteiger partial charge is 0.483 e. The van der Waals surface area contributed by atoms with Crippen molar-refractivity contribution in [2.24, 2.45) is 11.1 Å². The molecule has 3 aromatic carbocycles. The van der Waals surface area contributed by atoms with E-state index in [2.05, 4.69) is 26.2 Å². The highest BCUT2D eigenvalue weighted by atomic mass is 79.9. The number of carbonyl (C=O) groups excluding carboxylic acids is 3. The van der Waals surface area contributed by atoms with E-state index in [-0.39, 0.29) is 21.6 Å². The molecule has 0 radical (unpaired) electrons. The predicted molar refractivity (Wildman–Crippen MR) is 170 cm³/mol. The molecule has 1 aromatic heterocycles. The van der Waals surface area contributed by atoms with Crippen LogP contribution < -0.4 is 25.0 Å². The second-order valence-corrected chi connectivity index (χ2v) is 14.8. The summed E-state index contributed by atoms with van der Waals surface area (Å²) in [7, 11) is -3.88. The Labute approximate surface area is 268 Å². The number of aryl methyl sites for hydroxylation is 1. The number of carbonyl (C=O) groups is 3. The summed E-state index contributed by atoms with van der Waals surface area (Å²) >= 11 is 5.63. The molecule has 2 aliphatic heterocycles. The quantitative estimate of drug-likeness (QED) is 0.242. The first-order chi connectivity index (χ1) is 20.9. The molecular weight excluding hydrogens is 692 g/mol. The molecule has 0 bridgehead atoms. The number of hydrogen-bond acceptors (Lipinski definition) is 9. The van der Waals surface area contributed by atoms with Crippen molar-refractivity contribution in [1.29, 1.82) is 0 Å². The van der Waals surface area contributed by atoms with Crippen molar-refractivity contribution < 1.29 is 27.5 Å². The van der Waals surface area contributed by atoms with Gasteiger partial charge >= 0.3 is 4.87 Å². The van der Waals surface area contributed by atoms with E-state index < -0.39 is 39.6 Å². The number of nitrogens with two attached hydrogens (primary N) is 1. The number of aromatic amines is 1. The maximum absolute atomic E-state index is 14.0. The molecule has 4 N–H and O–H groups in total. The van der Waals surface area contributed by atoms with Gasteiger partial charge in [-0.2, -0.15) is 0 Å². The minimum Gasteiger partial charge on any atom is -0.483 e. The Morgan fingerprint density at radius 2 is 1.75 bits per heavy atom. The number of ether oxygens (including phenoxy) is 1. The normalized spacial score (nSPS) is 19.4. The fourth-order valence-corrected chi connectivity index (χ4v) is 8.66. The van der Waals surface area contributed by atoms with Gasteiger partial charge in [0.1, 0.15) is 11.0 Å². The number of anilines is 2. The summed E-state index contributed by atoms with van der Waals surface area (Å²) < 4.78 is 29.6. The number of benzene rings is 3. The number of fused-ring (bicyclic) bond motifs is 2. The maximum atomic E-state index is 14.0. The number of hydrogen-bond donors (Lipinski definition) is 3. The average Bonchev–Trinajstić information content (AvgIpc) is 3.46. The number of primary sulfonamides is 1. The molecule has 3 heterocycles. The number of H-pyrrole nitrogens is 1. The van der Waals surface area contributed by atoms with E-state index in [0.717, 1.165) is 16.9 Å². The number of rotatable bonds is 7. The molecule has 44 heavy (non-hydrogen) atoms. The maximum Gasteiger partial charge on any atom is 0.305 e. The average molecular weight is 716 g/mol. The third-order valence-corrected chi connectivity index (χ3v) is 11.1. The van der Waals surface area contributed by atoms with E-state index in [9.17, 15) is 27.6 Å². The number of nitrogens with zero attached hydrogens (tertiary/aromatic N) is 1. The Morgan fingerprint density at radius 3 is 2.43 bits per heavy atom. The lowest BCUT2D eigenvalue weighted by Crippen LogP contribution is -2.32. The standard InChI is InChI=1S/C29H23BrN4O7S3/c1-14-2-7-17(8-3-14)34-27(36)23-22(24-26(33-29(38)43-24)42-25(23)28(34)37)19-12-15(30)4-11-20(19)41-13-21(35)32-16-5-9-18(10-6-16)44(31,39)40/h2-12,22-23,25H,13H2,1H3,(H,32,35)(H,33,38)(H2,31,39,40)/t22-,23-,25+/m0/s1. The molecule has 0 aliphatic carbocycles. The highest BCUT2D eigenvalue weighted by Crippen LogP contribution is 2.54. The van der Waals surface area contributed by atoms with Crippen molar-refractivity contribution in [3.8, 4) is 5.75 Å². The van der Waals surface area contributed by atoms with Crippen molar-refractivity contribution in [1.82, 2.24) is 4.98 Å². The molecule has 11 nitrogen and oxygen atoms in total. The van der Waals surface area contributed by atoms with Gasteiger partial charge in [-0.15, -0.1) is 0 Å². The fourth-order valence-electron chi connectivity index (χ4n) is 5.26. The Morgan fingerprint density at radius 1 is 1.05 bits per heavy atom. The smallest absolute Gasteiger partial charge is 0.305 e. The van der Waals surface area contributed by atoms with Gasteiger partial charge in [-0.25, -0.2) is 18.5 Å². The van der Waals surface area contributed by atoms with E-state index in [1.807, 2.05) is 19.1 Å². The van der Waals surface area contributed by atoms with Gasteiger partial charge in [0.25, 0.3) is 5.91 Å². The zero-order valence-corrected chi connectivity index (χ0v) is 26.8. The van der Waals surface area contributed by atoms with Gasteiger partial charge < -0.3 is 15.0 Å². The highest BCUT2D eigenvalue weighted by Gasteiger charge is 2.56. The molecule has 0 saturated carbocycles. The van der Waals surface area contributed by atoms with Crippen LogP contribution >= 0.6 is 39.0 Å². The number of halogens is 1. The Balaban J connectivity index is 1.32. The van der Waals surface area contributed by atoms with Crippen LogP contribution in [0.3, 0.4) is 0 Å². The van der Waals surface area contributed by atoms with Crippen molar-refractivity contribution in [3.05, 3.63) is 96.9 Å². The molecular formula is C29H23BrN4O7S3. The second kappa shape index (κ2) is 11.6. The SMILES string of the molecule is Cc1ccc(N2C(=O)[C@H]3[C@H](c4cc(Br)ccc4OCC(=O)Nc4ccc(S(N)(=O)=O)cc4)c4sc(=O)[nH]c4S[C@H]3C2=O)cc1. The third-order valence-electron chi connectivity index (χ3n) is 7.25. The van der Waals surface area contributed by atoms with E-state index in [0.29, 0.717) is 37.1 Å². The van der Waals surface area contributed by atoms with Crippen LogP contribution in [0.25, 0.3) is 0 Å². The molecule has 2 aliphatic rings. The minimum atomic E-state index is -3.88. The summed E-state index contributed by atoms with van der Waals surface area (Å²) in [5.74, 6) is -2.54. The summed E-state index contributed by atoms with van der Waals surface area (Å²) in [4.78, 5) is 57.2. The van der Waals surface area contributed by atoms with E-state index >= 15 is 0 Å². The lowest BCUT2D eigenvalue weighted by Gasteiger charge is -2.31. The van der Waals surface area contributed by atoms with E-state index in [1.165, 1.54) is 40.9 Å². The van der Waals surface area contributed by atoms with Crippen LogP contribution in [-0.4, -0.2) is 43.0 Å². The number of nitrogens with one attached hydrogen (secondary N) is 2. The number of thioether (sulfide) groups is 1. The molecule has 1 fully saturated rings. The molecule has 226 valence electrons. The number of amides is 3. The molecule has 15 heteroatoms. The number of aromatic nitrogens is 1. The van der Waals surface area contributed by atoms with Crippen LogP contribution in [0.5, 0.6) is 5.75 Å². The zero-order chi connectivity index (χ0) is 31.3. The summed E-state index contributed by atoms with van der Waals surface area (Å²) in [6.45, 7) is 1.50. The first-order valence-corrected chi connectivity index (χ1v) is 17.1. The fraction of sp³-hybridized carbons (Fsp3) is 0.172. The van der Waals surface area contributed by atoms with Crippen molar-refractivity contribution in [2.75, 3.05) is 16.8 Å². The molecule has 4 aromatic rings. The van der Waals surface area contributed by atoms with Gasteiger partial charge in [-0.3, -0.25) is 19.2 Å². The summed E-state index contributed by atoms with van der Waals surface area (Å²) in [5.41, 5.74) is 2.32. The van der Waals surface area contributed by atoms with Crippen LogP contribution in [0, 0.1) is 12.8 Å². The van der Waals surface area contributed by atoms with Crippen LogP contribution in [0.4, 0.5) is 11.4 Å². The zero-order valence-electron chi connectivity index (χ0n) is 22.8. The number of thiazole rings is 1. The van der Waals surface area contributed by atoms with Gasteiger partial charge in [-0.05, 0) is 61.5 Å². The van der Waals surface area contributed by atoms with Gasteiger partial charge in [0.05, 0.1) is 21.5 Å². The summed E-state index contributed by atoms with van der Waals surface area (Å²) in [6.07, 6.45) is 0. The van der Waals surface area contributed by atoms with Gasteiger partial charge in [0, 0.05) is 26.5 Å². The second-order valence-electron chi connectivity index (χ2n) is 10.2. The van der Waals surface area contributed by atoms with Crippen LogP contribution in [0.1, 0.15) is 21.9 Å². The lowest BCUT2D eigenvalue weighted by molar-refractivity contribution is -0.122. The van der Waals surface area contributed by atoms with Crippen LogP contribution in [0.2, 0.25) is 0 Å². The monoisotopic (exact) mass is 714 g/mol. The number of imide groups is 1. The molecule has 0 spiro atoms. The molecule has 3 amide bonds. The number of sulfonamides is 1. The summed E-state index contributed by atoms with van der Waals surface area (Å²) in [6, 6.07) is 17.6. The molecule has 3 atom stereocenters. The van der Waals surface area contributed by atoms with Gasteiger partial charge in [-0.1, -0.05) is 56.7 Å². The van der Waals surface area contributed by atoms with Crippen LogP contribution in [-0.2, 0) is 24.4 Å². The van der Waals surface area contributed by atoms with Gasteiger partial charge in [0.15, 0.2) is 6.61 Å². The van der Waals surface area contributed by atoms with Crippen molar-refractivity contribution in [3.63, 3.8) is 0 Å². The minimum absolute atomic E-state index is 0.0949. The highest BCUT2D eigenvalue weighted by molar-refractivity contribution is 9.10. The van der Waals surface area contributed by atoms with Crippen molar-refractivity contribution >= 4 is 78.1 Å². The van der Waals surface area contributed by atoms with E-state index in [1.54, 1.807) is 30.3 Å². The first kappa shape index (κ1) is 30.3. The lowest BCUT2D eigenvalue weighted by atomic mass is 9.82. The van der Waals surface area contributed by atoms with E-state index in [4.69, 9.17) is 9.88 Å². The topological polar surface area (TPSA) is 169 Å². The third kappa shape index (κ3) is 5.73. The summed E-state index contributed by atoms with van der Waals surface area (Å²) in [5, 5.41) is 7.49. The van der Waals surface area contributed by atoms with Gasteiger partial charge in [0.2, 0.25) is 21.8 Å². The Hall–Kier alpha value is -3.76. The van der Waals surface area contributed by atoms with Crippen molar-refractivity contribution in [2.45, 2.75) is 28.0 Å².